The maximum Gasteiger partial charge on any atom is 0.322 e. The fraction of sp³-hybridized carbons (Fsp3) is 0.643. The summed E-state index contributed by atoms with van der Waals surface area (Å²) in [4.78, 5) is 22.3. The van der Waals surface area contributed by atoms with Gasteiger partial charge in [-0.25, -0.2) is 9.97 Å². The zero-order valence-corrected chi connectivity index (χ0v) is 12.1. The monoisotopic (exact) mass is 278 g/mol. The first-order valence-electron chi connectivity index (χ1n) is 7.10. The predicted molar refractivity (Wildman–Crippen MR) is 76.5 cm³/mol. The first-order chi connectivity index (χ1) is 9.74. The molecule has 1 aromatic rings. The molecule has 1 aromatic heterocycles. The summed E-state index contributed by atoms with van der Waals surface area (Å²) in [7, 11) is 1.43. The van der Waals surface area contributed by atoms with Crippen LogP contribution in [-0.4, -0.2) is 48.2 Å². The molecule has 1 fully saturated rings. The van der Waals surface area contributed by atoms with Crippen molar-refractivity contribution in [2.75, 3.05) is 25.1 Å². The van der Waals surface area contributed by atoms with E-state index in [-0.39, 0.29) is 12.0 Å². The van der Waals surface area contributed by atoms with Gasteiger partial charge in [0.1, 0.15) is 6.04 Å². The number of piperidine rings is 1. The average molecular weight is 278 g/mol. The Bertz CT molecular complexity index is 418. The molecule has 1 aliphatic rings. The lowest BCUT2D eigenvalue weighted by Gasteiger charge is -2.33. The van der Waals surface area contributed by atoms with Gasteiger partial charge in [0.15, 0.2) is 0 Å². The standard InChI is InChI=1S/C14H22N4O2/c1-3-12(13(19)20-2)17-11-5-9-18(10-6-11)14-15-7-4-8-16-14/h4,7-8,11-12,17H,3,5-6,9-10H2,1-2H3. The van der Waals surface area contributed by atoms with Gasteiger partial charge in [-0.2, -0.15) is 0 Å². The SMILES string of the molecule is CCC(NC1CCN(c2ncccn2)CC1)C(=O)OC. The van der Waals surface area contributed by atoms with Crippen molar-refractivity contribution in [3.8, 4) is 0 Å². The number of nitrogens with one attached hydrogen (secondary N) is 1. The van der Waals surface area contributed by atoms with Gasteiger partial charge < -0.3 is 15.0 Å². The molecule has 1 aliphatic heterocycles. The highest BCUT2D eigenvalue weighted by atomic mass is 16.5. The van der Waals surface area contributed by atoms with Crippen molar-refractivity contribution in [2.24, 2.45) is 0 Å². The summed E-state index contributed by atoms with van der Waals surface area (Å²) < 4.78 is 4.80. The van der Waals surface area contributed by atoms with Crippen LogP contribution in [0.4, 0.5) is 5.95 Å². The Morgan fingerprint density at radius 1 is 1.45 bits per heavy atom. The second-order valence-electron chi connectivity index (χ2n) is 4.96. The summed E-state index contributed by atoms with van der Waals surface area (Å²) in [5, 5.41) is 3.39. The molecule has 0 bridgehead atoms. The van der Waals surface area contributed by atoms with E-state index in [1.54, 1.807) is 12.4 Å². The largest absolute Gasteiger partial charge is 0.468 e. The molecule has 0 aromatic carbocycles. The second kappa shape index (κ2) is 7.19. The third kappa shape index (κ3) is 3.66. The van der Waals surface area contributed by atoms with Gasteiger partial charge in [-0.3, -0.25) is 4.79 Å². The van der Waals surface area contributed by atoms with E-state index in [4.69, 9.17) is 4.74 Å². The van der Waals surface area contributed by atoms with Crippen molar-refractivity contribution in [2.45, 2.75) is 38.3 Å². The molecule has 0 saturated carbocycles. The Kier molecular flexibility index (Phi) is 5.29. The topological polar surface area (TPSA) is 67.3 Å². The van der Waals surface area contributed by atoms with Gasteiger partial charge in [0, 0.05) is 31.5 Å². The van der Waals surface area contributed by atoms with Crippen molar-refractivity contribution >= 4 is 11.9 Å². The van der Waals surface area contributed by atoms with Crippen molar-refractivity contribution in [1.82, 2.24) is 15.3 Å². The number of rotatable bonds is 5. The molecule has 20 heavy (non-hydrogen) atoms. The van der Waals surface area contributed by atoms with Crippen LogP contribution in [-0.2, 0) is 9.53 Å². The predicted octanol–water partition coefficient (Wildman–Crippen LogP) is 0.987. The minimum atomic E-state index is -0.204. The van der Waals surface area contributed by atoms with Crippen LogP contribution in [0.2, 0.25) is 0 Å². The molecule has 0 radical (unpaired) electrons. The average Bonchev–Trinajstić information content (AvgIpc) is 2.53. The lowest BCUT2D eigenvalue weighted by molar-refractivity contribution is -0.143. The molecule has 2 rings (SSSR count). The maximum atomic E-state index is 11.6. The number of aromatic nitrogens is 2. The van der Waals surface area contributed by atoms with E-state index in [1.807, 2.05) is 13.0 Å². The molecule has 110 valence electrons. The van der Waals surface area contributed by atoms with Crippen LogP contribution in [0.3, 0.4) is 0 Å². The Morgan fingerprint density at radius 2 is 2.10 bits per heavy atom. The Hall–Kier alpha value is -1.69. The highest BCUT2D eigenvalue weighted by Crippen LogP contribution is 2.16. The minimum absolute atomic E-state index is 0.179. The number of anilines is 1. The van der Waals surface area contributed by atoms with Gasteiger partial charge in [-0.05, 0) is 25.3 Å². The summed E-state index contributed by atoms with van der Waals surface area (Å²) in [6.45, 7) is 3.79. The molecular weight excluding hydrogens is 256 g/mol. The molecule has 1 saturated heterocycles. The van der Waals surface area contributed by atoms with E-state index < -0.39 is 0 Å². The van der Waals surface area contributed by atoms with Gasteiger partial charge >= 0.3 is 5.97 Å². The first kappa shape index (κ1) is 14.7. The summed E-state index contributed by atoms with van der Waals surface area (Å²) in [5.41, 5.74) is 0. The van der Waals surface area contributed by atoms with Crippen LogP contribution in [0.15, 0.2) is 18.5 Å². The Balaban J connectivity index is 1.84. The lowest BCUT2D eigenvalue weighted by Crippen LogP contribution is -2.49. The van der Waals surface area contributed by atoms with Crippen molar-refractivity contribution < 1.29 is 9.53 Å². The number of carbonyl (C=O) groups excluding carboxylic acids is 1. The van der Waals surface area contributed by atoms with Crippen LogP contribution >= 0.6 is 0 Å². The number of carbonyl (C=O) groups is 1. The molecule has 0 aliphatic carbocycles. The minimum Gasteiger partial charge on any atom is -0.468 e. The molecule has 1 atom stereocenters. The molecule has 2 heterocycles. The summed E-state index contributed by atoms with van der Waals surface area (Å²) >= 11 is 0. The third-order valence-electron chi connectivity index (χ3n) is 3.66. The fourth-order valence-electron chi connectivity index (χ4n) is 2.48. The molecule has 0 amide bonds. The Morgan fingerprint density at radius 3 is 2.65 bits per heavy atom. The normalized spacial score (nSPS) is 17.8. The number of hydrogen-bond donors (Lipinski definition) is 1. The molecule has 6 nitrogen and oxygen atoms in total. The van der Waals surface area contributed by atoms with E-state index in [9.17, 15) is 4.79 Å². The molecule has 6 heteroatoms. The zero-order chi connectivity index (χ0) is 14.4. The number of methoxy groups -OCH3 is 1. The van der Waals surface area contributed by atoms with Crippen molar-refractivity contribution in [1.29, 1.82) is 0 Å². The van der Waals surface area contributed by atoms with E-state index in [1.165, 1.54) is 7.11 Å². The number of nitrogens with zero attached hydrogens (tertiary/aromatic N) is 3. The highest BCUT2D eigenvalue weighted by molar-refractivity contribution is 5.75. The zero-order valence-electron chi connectivity index (χ0n) is 12.1. The molecular formula is C14H22N4O2. The van der Waals surface area contributed by atoms with Gasteiger partial charge in [-0.1, -0.05) is 6.92 Å². The van der Waals surface area contributed by atoms with Gasteiger partial charge in [0.2, 0.25) is 5.95 Å². The van der Waals surface area contributed by atoms with E-state index >= 15 is 0 Å². The van der Waals surface area contributed by atoms with E-state index in [0.717, 1.165) is 38.3 Å². The first-order valence-corrected chi connectivity index (χ1v) is 7.10. The van der Waals surface area contributed by atoms with E-state index in [2.05, 4.69) is 20.2 Å². The number of ether oxygens (including phenoxy) is 1. The third-order valence-corrected chi connectivity index (χ3v) is 3.66. The maximum absolute atomic E-state index is 11.6. The summed E-state index contributed by atoms with van der Waals surface area (Å²) in [6, 6.07) is 1.96. The summed E-state index contributed by atoms with van der Waals surface area (Å²) in [6.07, 6.45) is 6.22. The number of esters is 1. The number of hydrogen-bond acceptors (Lipinski definition) is 6. The quantitative estimate of drug-likeness (QED) is 0.810. The van der Waals surface area contributed by atoms with Crippen LogP contribution in [0, 0.1) is 0 Å². The molecule has 1 unspecified atom stereocenters. The Labute approximate surface area is 119 Å². The molecule has 1 N–H and O–H groups in total. The van der Waals surface area contributed by atoms with Crippen LogP contribution in [0.1, 0.15) is 26.2 Å². The van der Waals surface area contributed by atoms with Gasteiger partial charge in [0.05, 0.1) is 7.11 Å². The van der Waals surface area contributed by atoms with Gasteiger partial charge in [-0.15, -0.1) is 0 Å². The highest BCUT2D eigenvalue weighted by Gasteiger charge is 2.25. The van der Waals surface area contributed by atoms with Crippen LogP contribution in [0.5, 0.6) is 0 Å². The smallest absolute Gasteiger partial charge is 0.322 e. The van der Waals surface area contributed by atoms with Crippen molar-refractivity contribution in [3.05, 3.63) is 18.5 Å². The van der Waals surface area contributed by atoms with E-state index in [0.29, 0.717) is 6.04 Å². The summed E-state index contributed by atoms with van der Waals surface area (Å²) in [5.74, 6) is 0.604. The molecule has 0 spiro atoms. The lowest BCUT2D eigenvalue weighted by atomic mass is 10.0. The van der Waals surface area contributed by atoms with Crippen LogP contribution < -0.4 is 10.2 Å². The fourth-order valence-corrected chi connectivity index (χ4v) is 2.48. The van der Waals surface area contributed by atoms with Gasteiger partial charge in [0.25, 0.3) is 0 Å². The second-order valence-corrected chi connectivity index (χ2v) is 4.96. The van der Waals surface area contributed by atoms with Crippen molar-refractivity contribution in [3.63, 3.8) is 0 Å². The van der Waals surface area contributed by atoms with Crippen LogP contribution in [0.25, 0.3) is 0 Å².